The first-order chi connectivity index (χ1) is 11.1. The molecule has 0 spiro atoms. The van der Waals surface area contributed by atoms with E-state index in [1.54, 1.807) is 6.07 Å². The molecule has 1 saturated heterocycles. The van der Waals surface area contributed by atoms with Crippen LogP contribution in [0.5, 0.6) is 5.75 Å². The summed E-state index contributed by atoms with van der Waals surface area (Å²) in [6, 6.07) is 11.5. The molecule has 1 N–H and O–H groups in total. The fraction of sp³-hybridized carbons (Fsp3) is 0.316. The normalized spacial score (nSPS) is 20.5. The Morgan fingerprint density at radius 2 is 1.91 bits per heavy atom. The highest BCUT2D eigenvalue weighted by molar-refractivity contribution is 5.80. The Morgan fingerprint density at radius 1 is 1.17 bits per heavy atom. The van der Waals surface area contributed by atoms with Gasteiger partial charge in [-0.2, -0.15) is 0 Å². The molecule has 3 rings (SSSR count). The molecule has 1 aliphatic heterocycles. The highest BCUT2D eigenvalue weighted by atomic mass is 16.6. The van der Waals surface area contributed by atoms with Crippen LogP contribution in [0.25, 0.3) is 11.1 Å². The monoisotopic (exact) mass is 312 g/mol. The van der Waals surface area contributed by atoms with Crippen LogP contribution in [0.2, 0.25) is 0 Å². The first-order valence-corrected chi connectivity index (χ1v) is 7.68. The number of ether oxygens (including phenoxy) is 2. The van der Waals surface area contributed by atoms with Crippen molar-refractivity contribution in [2.45, 2.75) is 26.1 Å². The number of aldehydes is 1. The molecule has 4 nitrogen and oxygen atoms in total. The molecular weight excluding hydrogens is 292 g/mol. The highest BCUT2D eigenvalue weighted by Gasteiger charge is 2.28. The Hall–Kier alpha value is -2.17. The molecule has 0 radical (unpaired) electrons. The van der Waals surface area contributed by atoms with E-state index < -0.39 is 6.10 Å². The third kappa shape index (κ3) is 3.28. The second kappa shape index (κ2) is 6.52. The molecule has 120 valence electrons. The predicted octanol–water partition coefficient (Wildman–Crippen LogP) is 2.92. The molecule has 1 fully saturated rings. The lowest BCUT2D eigenvalue weighted by Gasteiger charge is -2.18. The first kappa shape index (κ1) is 15.7. The van der Waals surface area contributed by atoms with E-state index in [2.05, 4.69) is 0 Å². The molecule has 23 heavy (non-hydrogen) atoms. The number of carbonyl (C=O) groups excluding carboxylic acids is 1. The number of rotatable bonds is 4. The van der Waals surface area contributed by atoms with Crippen molar-refractivity contribution < 1.29 is 19.4 Å². The largest absolute Gasteiger partial charge is 0.485 e. The van der Waals surface area contributed by atoms with E-state index in [1.807, 2.05) is 44.2 Å². The molecule has 1 aliphatic rings. The zero-order valence-electron chi connectivity index (χ0n) is 13.3. The number of aliphatic hydroxyl groups excluding tert-OH is 1. The van der Waals surface area contributed by atoms with Gasteiger partial charge in [0, 0.05) is 5.56 Å². The average Bonchev–Trinajstić information content (AvgIpc) is 2.92. The summed E-state index contributed by atoms with van der Waals surface area (Å²) in [5.74, 6) is 0.727. The number of hydrogen-bond donors (Lipinski definition) is 1. The zero-order chi connectivity index (χ0) is 16.4. The topological polar surface area (TPSA) is 55.8 Å². The van der Waals surface area contributed by atoms with Gasteiger partial charge < -0.3 is 14.6 Å². The third-order valence-electron chi connectivity index (χ3n) is 4.10. The Labute approximate surface area is 135 Å². The summed E-state index contributed by atoms with van der Waals surface area (Å²) >= 11 is 0. The molecular formula is C19H20O4. The van der Waals surface area contributed by atoms with Crippen molar-refractivity contribution in [2.24, 2.45) is 0 Å². The lowest BCUT2D eigenvalue weighted by atomic mass is 9.94. The minimum atomic E-state index is -0.584. The van der Waals surface area contributed by atoms with Crippen LogP contribution in [0, 0.1) is 13.8 Å². The van der Waals surface area contributed by atoms with E-state index in [0.29, 0.717) is 18.8 Å². The molecule has 2 atom stereocenters. The van der Waals surface area contributed by atoms with Gasteiger partial charge in [-0.05, 0) is 54.3 Å². The van der Waals surface area contributed by atoms with Crippen LogP contribution >= 0.6 is 0 Å². The van der Waals surface area contributed by atoms with Crippen molar-refractivity contribution in [3.8, 4) is 16.9 Å². The predicted molar refractivity (Wildman–Crippen MR) is 88.0 cm³/mol. The summed E-state index contributed by atoms with van der Waals surface area (Å²) in [6.45, 7) is 4.76. The SMILES string of the molecule is Cc1cc(O[C@@H]2COC[C@H]2O)cc(C)c1-c1cccc(C=O)c1. The summed E-state index contributed by atoms with van der Waals surface area (Å²) in [4.78, 5) is 11.0. The van der Waals surface area contributed by atoms with Crippen LogP contribution < -0.4 is 4.74 Å². The standard InChI is InChI=1S/C19H20O4/c1-12-6-16(23-18-11-22-10-17(18)21)7-13(2)19(12)15-5-3-4-14(8-15)9-20/h3-9,17-18,21H,10-11H2,1-2H3/t17-,18-/m1/s1. The summed E-state index contributed by atoms with van der Waals surface area (Å²) in [5.41, 5.74) is 4.91. The number of aryl methyl sites for hydroxylation is 2. The van der Waals surface area contributed by atoms with Gasteiger partial charge in [0.25, 0.3) is 0 Å². The summed E-state index contributed by atoms with van der Waals surface area (Å²) in [5, 5.41) is 9.80. The molecule has 1 heterocycles. The van der Waals surface area contributed by atoms with Crippen LogP contribution in [0.3, 0.4) is 0 Å². The second-order valence-electron chi connectivity index (χ2n) is 5.94. The highest BCUT2D eigenvalue weighted by Crippen LogP contribution is 2.32. The number of aliphatic hydroxyl groups is 1. The number of benzene rings is 2. The van der Waals surface area contributed by atoms with Crippen LogP contribution in [-0.4, -0.2) is 36.8 Å². The van der Waals surface area contributed by atoms with Crippen LogP contribution in [0.1, 0.15) is 21.5 Å². The lowest BCUT2D eigenvalue weighted by Crippen LogP contribution is -2.29. The molecule has 2 aromatic rings. The molecule has 2 aromatic carbocycles. The zero-order valence-corrected chi connectivity index (χ0v) is 13.3. The van der Waals surface area contributed by atoms with E-state index in [-0.39, 0.29) is 6.10 Å². The smallest absolute Gasteiger partial charge is 0.150 e. The Bertz CT molecular complexity index is 700. The van der Waals surface area contributed by atoms with E-state index in [9.17, 15) is 9.90 Å². The van der Waals surface area contributed by atoms with Crippen molar-refractivity contribution in [3.63, 3.8) is 0 Å². The van der Waals surface area contributed by atoms with Gasteiger partial charge in [0.15, 0.2) is 0 Å². The van der Waals surface area contributed by atoms with Crippen molar-refractivity contribution >= 4 is 6.29 Å². The van der Waals surface area contributed by atoms with E-state index in [0.717, 1.165) is 34.3 Å². The van der Waals surface area contributed by atoms with Crippen LogP contribution in [0.15, 0.2) is 36.4 Å². The first-order valence-electron chi connectivity index (χ1n) is 7.68. The third-order valence-corrected chi connectivity index (χ3v) is 4.10. The second-order valence-corrected chi connectivity index (χ2v) is 5.94. The summed E-state index contributed by atoms with van der Waals surface area (Å²) in [7, 11) is 0. The number of hydrogen-bond acceptors (Lipinski definition) is 4. The van der Waals surface area contributed by atoms with Gasteiger partial charge in [-0.1, -0.05) is 18.2 Å². The Morgan fingerprint density at radius 3 is 2.52 bits per heavy atom. The fourth-order valence-electron chi connectivity index (χ4n) is 3.03. The molecule has 4 heteroatoms. The minimum absolute atomic E-state index is 0.319. The Balaban J connectivity index is 1.92. The van der Waals surface area contributed by atoms with Crippen molar-refractivity contribution in [2.75, 3.05) is 13.2 Å². The molecule has 0 unspecified atom stereocenters. The number of carbonyl (C=O) groups is 1. The van der Waals surface area contributed by atoms with E-state index in [4.69, 9.17) is 9.47 Å². The average molecular weight is 312 g/mol. The maximum atomic E-state index is 11.0. The van der Waals surface area contributed by atoms with E-state index >= 15 is 0 Å². The Kier molecular flexibility index (Phi) is 4.46. The van der Waals surface area contributed by atoms with E-state index in [1.165, 1.54) is 0 Å². The van der Waals surface area contributed by atoms with Gasteiger partial charge in [0.2, 0.25) is 0 Å². The molecule has 0 aliphatic carbocycles. The van der Waals surface area contributed by atoms with Crippen LogP contribution in [-0.2, 0) is 4.74 Å². The van der Waals surface area contributed by atoms with Gasteiger partial charge in [0.1, 0.15) is 24.2 Å². The molecule has 0 amide bonds. The minimum Gasteiger partial charge on any atom is -0.485 e. The van der Waals surface area contributed by atoms with Gasteiger partial charge in [0.05, 0.1) is 13.2 Å². The summed E-state index contributed by atoms with van der Waals surface area (Å²) < 4.78 is 11.1. The van der Waals surface area contributed by atoms with Crippen molar-refractivity contribution in [1.29, 1.82) is 0 Å². The molecule has 0 saturated carbocycles. The van der Waals surface area contributed by atoms with Gasteiger partial charge in [-0.3, -0.25) is 4.79 Å². The maximum absolute atomic E-state index is 11.0. The van der Waals surface area contributed by atoms with Gasteiger partial charge >= 0.3 is 0 Å². The summed E-state index contributed by atoms with van der Waals surface area (Å²) in [6.07, 6.45) is -0.0507. The van der Waals surface area contributed by atoms with Crippen LogP contribution in [0.4, 0.5) is 0 Å². The van der Waals surface area contributed by atoms with Gasteiger partial charge in [-0.25, -0.2) is 0 Å². The van der Waals surface area contributed by atoms with Crippen molar-refractivity contribution in [3.05, 3.63) is 53.1 Å². The fourth-order valence-corrected chi connectivity index (χ4v) is 3.03. The lowest BCUT2D eigenvalue weighted by molar-refractivity contribution is 0.0733. The maximum Gasteiger partial charge on any atom is 0.150 e. The quantitative estimate of drug-likeness (QED) is 0.882. The van der Waals surface area contributed by atoms with Gasteiger partial charge in [-0.15, -0.1) is 0 Å². The molecule has 0 bridgehead atoms. The molecule has 0 aromatic heterocycles. The van der Waals surface area contributed by atoms with Crippen molar-refractivity contribution in [1.82, 2.24) is 0 Å².